The number of rotatable bonds is 18. The van der Waals surface area contributed by atoms with Crippen LogP contribution in [0.4, 0.5) is 0 Å². The monoisotopic (exact) mass is 438 g/mol. The Bertz CT molecular complexity index is 313. The van der Waals surface area contributed by atoms with Crippen molar-refractivity contribution in [2.24, 2.45) is 0 Å². The summed E-state index contributed by atoms with van der Waals surface area (Å²) >= 11 is 0. The molecule has 30 heavy (non-hydrogen) atoms. The van der Waals surface area contributed by atoms with Crippen LogP contribution in [-0.2, 0) is 4.79 Å². The molecule has 0 aromatic heterocycles. The topological polar surface area (TPSA) is 159 Å². The van der Waals surface area contributed by atoms with Gasteiger partial charge in [-0.1, -0.05) is 96.8 Å². The van der Waals surface area contributed by atoms with Gasteiger partial charge in [-0.15, -0.1) is 0 Å². The second-order valence-electron chi connectivity index (χ2n) is 7.46. The molecule has 182 valence electrons. The van der Waals surface area contributed by atoms with E-state index in [0.717, 1.165) is 12.8 Å². The van der Waals surface area contributed by atoms with E-state index in [4.69, 9.17) is 35.5 Å². The number of carbonyl (C=O) groups is 1. The molecule has 0 amide bonds. The van der Waals surface area contributed by atoms with Crippen molar-refractivity contribution in [1.29, 1.82) is 0 Å². The fourth-order valence-corrected chi connectivity index (χ4v) is 2.71. The minimum atomic E-state index is -2.17. The van der Waals surface area contributed by atoms with E-state index in [-0.39, 0.29) is 13.2 Å². The summed E-state index contributed by atoms with van der Waals surface area (Å²) in [6.45, 7) is 1.54. The fraction of sp³-hybridized carbons (Fsp3) is 0.952. The minimum Gasteiger partial charge on any atom is -0.481 e. The van der Waals surface area contributed by atoms with Crippen molar-refractivity contribution in [2.45, 2.75) is 116 Å². The maximum atomic E-state index is 10.3. The van der Waals surface area contributed by atoms with Gasteiger partial charge in [0.1, 0.15) is 6.10 Å². The average molecular weight is 438 g/mol. The number of aliphatic carboxylic acids is 1. The van der Waals surface area contributed by atoms with E-state index >= 15 is 0 Å². The number of carboxylic acid groups (broad SMARTS) is 1. The van der Waals surface area contributed by atoms with Crippen molar-refractivity contribution >= 4 is 13.3 Å². The molecule has 0 unspecified atom stereocenters. The molecule has 0 aromatic carbocycles. The highest BCUT2D eigenvalue weighted by molar-refractivity contribution is 6.30. The van der Waals surface area contributed by atoms with Crippen LogP contribution in [0, 0.1) is 0 Å². The first-order valence-corrected chi connectivity index (χ1v) is 11.5. The SMILES string of the molecule is CCCCCCCCCCCCCCCCCC(=O)O.OB(O)O.OCC(O)CO. The van der Waals surface area contributed by atoms with Crippen molar-refractivity contribution in [3.8, 4) is 0 Å². The normalized spacial score (nSPS) is 10.1. The van der Waals surface area contributed by atoms with Gasteiger partial charge in [-0.2, -0.15) is 0 Å². The highest BCUT2D eigenvalue weighted by Crippen LogP contribution is 2.13. The lowest BCUT2D eigenvalue weighted by Crippen LogP contribution is -2.15. The Kier molecular flexibility index (Phi) is 34.5. The summed E-state index contributed by atoms with van der Waals surface area (Å²) < 4.78 is 0. The predicted octanol–water partition coefficient (Wildman–Crippen LogP) is 2.61. The molecule has 0 fully saturated rings. The number of aliphatic hydroxyl groups excluding tert-OH is 3. The van der Waals surface area contributed by atoms with Crippen molar-refractivity contribution in [3.63, 3.8) is 0 Å². The molecule has 0 aliphatic rings. The van der Waals surface area contributed by atoms with Crippen molar-refractivity contribution in [2.75, 3.05) is 13.2 Å². The summed E-state index contributed by atoms with van der Waals surface area (Å²) in [6.07, 6.45) is 19.2. The van der Waals surface area contributed by atoms with E-state index in [0.29, 0.717) is 6.42 Å². The van der Waals surface area contributed by atoms with Crippen LogP contribution in [0.2, 0.25) is 0 Å². The van der Waals surface area contributed by atoms with Crippen LogP contribution < -0.4 is 0 Å². The molecule has 8 nitrogen and oxygen atoms in total. The van der Waals surface area contributed by atoms with E-state index in [2.05, 4.69) is 6.92 Å². The largest absolute Gasteiger partial charge is 0.631 e. The minimum absolute atomic E-state index is 0.345. The van der Waals surface area contributed by atoms with Crippen molar-refractivity contribution in [1.82, 2.24) is 0 Å². The van der Waals surface area contributed by atoms with Crippen LogP contribution in [0.5, 0.6) is 0 Å². The Morgan fingerprint density at radius 3 is 1.13 bits per heavy atom. The number of hydrogen-bond donors (Lipinski definition) is 7. The van der Waals surface area contributed by atoms with Crippen LogP contribution in [0.3, 0.4) is 0 Å². The van der Waals surface area contributed by atoms with Gasteiger partial charge >= 0.3 is 13.3 Å². The summed E-state index contributed by atoms with van der Waals surface area (Å²) in [5.41, 5.74) is 0. The standard InChI is InChI=1S/C18H36O2.C3H8O3.BH3O3/c1-2-3-4-5-6-7-8-9-10-11-12-13-14-15-16-17-18(19)20;4-1-3(6)2-5;2-1(3)4/h2-17H2,1H3,(H,19,20);3-6H,1-2H2;2-4H. The summed E-state index contributed by atoms with van der Waals surface area (Å²) in [6, 6.07) is 0. The Balaban J connectivity index is -0.000000600. The molecule has 0 aromatic rings. The van der Waals surface area contributed by atoms with Gasteiger partial charge in [-0.25, -0.2) is 0 Å². The lowest BCUT2D eigenvalue weighted by Gasteiger charge is -2.03. The molecule has 0 spiro atoms. The molecular weight excluding hydrogens is 391 g/mol. The highest BCUT2D eigenvalue weighted by atomic mass is 16.5. The Morgan fingerprint density at radius 1 is 0.667 bits per heavy atom. The molecular formula is C21H47BO8. The maximum Gasteiger partial charge on any atom is 0.631 e. The summed E-state index contributed by atoms with van der Waals surface area (Å²) in [5.74, 6) is -0.653. The smallest absolute Gasteiger partial charge is 0.481 e. The first-order valence-electron chi connectivity index (χ1n) is 11.5. The van der Waals surface area contributed by atoms with Crippen molar-refractivity contribution < 1.29 is 40.3 Å². The summed E-state index contributed by atoms with van der Waals surface area (Å²) in [7, 11) is -2.17. The van der Waals surface area contributed by atoms with Crippen LogP contribution in [0.1, 0.15) is 110 Å². The Labute approximate surface area is 183 Å². The predicted molar refractivity (Wildman–Crippen MR) is 120 cm³/mol. The zero-order valence-electron chi connectivity index (χ0n) is 18.9. The van der Waals surface area contributed by atoms with E-state index in [9.17, 15) is 4.79 Å². The van der Waals surface area contributed by atoms with Crippen LogP contribution in [0.15, 0.2) is 0 Å². The number of carboxylic acids is 1. The Morgan fingerprint density at radius 2 is 0.933 bits per heavy atom. The molecule has 0 aliphatic heterocycles. The average Bonchev–Trinajstić information content (AvgIpc) is 2.70. The number of hydrogen-bond acceptors (Lipinski definition) is 7. The third-order valence-electron chi connectivity index (χ3n) is 4.42. The molecule has 0 heterocycles. The molecule has 0 atom stereocenters. The van der Waals surface area contributed by atoms with Gasteiger partial charge in [0.05, 0.1) is 13.2 Å². The first kappa shape index (κ1) is 33.9. The van der Waals surface area contributed by atoms with Gasteiger partial charge in [0.15, 0.2) is 0 Å². The molecule has 9 heteroatoms. The lowest BCUT2D eigenvalue weighted by molar-refractivity contribution is -0.137. The highest BCUT2D eigenvalue weighted by Gasteiger charge is 1.97. The third kappa shape index (κ3) is 45.8. The number of aliphatic hydroxyl groups is 3. The molecule has 7 N–H and O–H groups in total. The van der Waals surface area contributed by atoms with E-state index < -0.39 is 19.4 Å². The maximum absolute atomic E-state index is 10.3. The molecule has 0 bridgehead atoms. The Hall–Kier alpha value is -0.705. The van der Waals surface area contributed by atoms with Gasteiger partial charge in [-0.3, -0.25) is 4.79 Å². The van der Waals surface area contributed by atoms with Gasteiger partial charge < -0.3 is 35.5 Å². The molecule has 0 aliphatic carbocycles. The van der Waals surface area contributed by atoms with E-state index in [1.165, 1.54) is 83.5 Å². The zero-order valence-corrected chi connectivity index (χ0v) is 18.9. The molecule has 0 radical (unpaired) electrons. The van der Waals surface area contributed by atoms with Crippen LogP contribution >= 0.6 is 0 Å². The number of unbranched alkanes of at least 4 members (excludes halogenated alkanes) is 14. The quantitative estimate of drug-likeness (QED) is 0.127. The summed E-state index contributed by atoms with van der Waals surface area (Å²) in [4.78, 5) is 10.3. The van der Waals surface area contributed by atoms with E-state index in [1.54, 1.807) is 0 Å². The second-order valence-corrected chi connectivity index (χ2v) is 7.46. The van der Waals surface area contributed by atoms with Crippen LogP contribution in [0.25, 0.3) is 0 Å². The summed E-state index contributed by atoms with van der Waals surface area (Å²) in [5, 5.41) is 54.0. The van der Waals surface area contributed by atoms with Gasteiger partial charge in [-0.05, 0) is 6.42 Å². The third-order valence-corrected chi connectivity index (χ3v) is 4.42. The zero-order chi connectivity index (χ0) is 23.5. The first-order chi connectivity index (χ1) is 14.3. The molecule has 0 saturated carbocycles. The second kappa shape index (κ2) is 30.5. The van der Waals surface area contributed by atoms with Gasteiger partial charge in [0.2, 0.25) is 0 Å². The van der Waals surface area contributed by atoms with Crippen LogP contribution in [-0.4, -0.2) is 68.1 Å². The van der Waals surface area contributed by atoms with E-state index in [1.807, 2.05) is 0 Å². The van der Waals surface area contributed by atoms with Crippen molar-refractivity contribution in [3.05, 3.63) is 0 Å². The molecule has 0 saturated heterocycles. The molecule has 0 rings (SSSR count). The van der Waals surface area contributed by atoms with Gasteiger partial charge in [0, 0.05) is 6.42 Å². The fourth-order valence-electron chi connectivity index (χ4n) is 2.71. The lowest BCUT2D eigenvalue weighted by atomic mass is 10.0. The van der Waals surface area contributed by atoms with Gasteiger partial charge in [0.25, 0.3) is 0 Å².